The van der Waals surface area contributed by atoms with Crippen LogP contribution in [-0.2, 0) is 22.6 Å². The maximum atomic E-state index is 13.5. The van der Waals surface area contributed by atoms with E-state index in [1.807, 2.05) is 78.9 Å². The van der Waals surface area contributed by atoms with Crippen molar-refractivity contribution in [1.82, 2.24) is 10.2 Å². The molecule has 3 rings (SSSR count). The number of benzene rings is 3. The van der Waals surface area contributed by atoms with Crippen LogP contribution in [0.2, 0.25) is 0 Å². The summed E-state index contributed by atoms with van der Waals surface area (Å²) in [5.74, 6) is 1.85. The lowest BCUT2D eigenvalue weighted by Crippen LogP contribution is -2.49. The zero-order valence-electron chi connectivity index (χ0n) is 21.1. The number of rotatable bonds is 13. The van der Waals surface area contributed by atoms with Crippen molar-refractivity contribution in [1.29, 1.82) is 0 Å². The molecular formula is C29H34N2O5. The number of hydrogen-bond acceptors (Lipinski definition) is 5. The van der Waals surface area contributed by atoms with Gasteiger partial charge in [-0.1, -0.05) is 42.5 Å². The van der Waals surface area contributed by atoms with Crippen LogP contribution in [0.25, 0.3) is 0 Å². The maximum Gasteiger partial charge on any atom is 0.242 e. The van der Waals surface area contributed by atoms with Gasteiger partial charge in [0.2, 0.25) is 11.8 Å². The average Bonchev–Trinajstić information content (AvgIpc) is 2.93. The first-order chi connectivity index (χ1) is 17.5. The number of nitrogens with one attached hydrogen (secondary N) is 1. The lowest BCUT2D eigenvalue weighted by Gasteiger charge is -2.31. The second-order valence-corrected chi connectivity index (χ2v) is 8.32. The molecule has 0 heterocycles. The van der Waals surface area contributed by atoms with Gasteiger partial charge in [-0.15, -0.1) is 0 Å². The number of carbonyl (C=O) groups is 2. The summed E-state index contributed by atoms with van der Waals surface area (Å²) in [5, 5.41) is 2.73. The molecule has 7 heteroatoms. The largest absolute Gasteiger partial charge is 0.497 e. The fraction of sp³-hybridized carbons (Fsp3) is 0.310. The van der Waals surface area contributed by atoms with Gasteiger partial charge in [-0.2, -0.15) is 0 Å². The lowest BCUT2D eigenvalue weighted by atomic mass is 10.0. The van der Waals surface area contributed by atoms with E-state index < -0.39 is 6.04 Å². The summed E-state index contributed by atoms with van der Waals surface area (Å²) in [6.07, 6.45) is 1.19. The molecule has 0 fully saturated rings. The summed E-state index contributed by atoms with van der Waals surface area (Å²) in [4.78, 5) is 28.1. The summed E-state index contributed by atoms with van der Waals surface area (Å²) in [5.41, 5.74) is 1.87. The van der Waals surface area contributed by atoms with Crippen LogP contribution in [0.5, 0.6) is 17.2 Å². The Hall–Kier alpha value is -4.00. The summed E-state index contributed by atoms with van der Waals surface area (Å²) in [6.45, 7) is 0.675. The van der Waals surface area contributed by atoms with Gasteiger partial charge in [-0.3, -0.25) is 9.59 Å². The van der Waals surface area contributed by atoms with Crippen LogP contribution in [0, 0.1) is 0 Å². The fourth-order valence-corrected chi connectivity index (χ4v) is 3.92. The molecule has 0 saturated heterocycles. The van der Waals surface area contributed by atoms with Gasteiger partial charge < -0.3 is 24.4 Å². The van der Waals surface area contributed by atoms with Gasteiger partial charge in [0, 0.05) is 26.4 Å². The van der Waals surface area contributed by atoms with E-state index in [1.54, 1.807) is 26.2 Å². The number of ether oxygens (including phenoxy) is 3. The summed E-state index contributed by atoms with van der Waals surface area (Å²) in [6, 6.07) is 23.9. The Morgan fingerprint density at radius 2 is 1.50 bits per heavy atom. The highest BCUT2D eigenvalue weighted by molar-refractivity contribution is 5.87. The van der Waals surface area contributed by atoms with Gasteiger partial charge in [0.25, 0.3) is 0 Å². The molecule has 0 bridgehead atoms. The molecule has 0 aliphatic rings. The minimum absolute atomic E-state index is 0.110. The minimum atomic E-state index is -0.654. The summed E-state index contributed by atoms with van der Waals surface area (Å²) < 4.78 is 16.3. The van der Waals surface area contributed by atoms with Crippen molar-refractivity contribution in [3.05, 3.63) is 90.0 Å². The molecule has 190 valence electrons. The van der Waals surface area contributed by atoms with E-state index in [9.17, 15) is 9.59 Å². The third kappa shape index (κ3) is 7.77. The topological polar surface area (TPSA) is 77.1 Å². The minimum Gasteiger partial charge on any atom is -0.497 e. The van der Waals surface area contributed by atoms with Crippen LogP contribution < -0.4 is 19.5 Å². The first kappa shape index (κ1) is 26.6. The van der Waals surface area contributed by atoms with Gasteiger partial charge in [0.1, 0.15) is 23.3 Å². The van der Waals surface area contributed by atoms with Crippen LogP contribution in [0.15, 0.2) is 78.9 Å². The van der Waals surface area contributed by atoms with Crippen molar-refractivity contribution in [2.24, 2.45) is 0 Å². The summed E-state index contributed by atoms with van der Waals surface area (Å²) >= 11 is 0. The predicted octanol–water partition coefficient (Wildman–Crippen LogP) is 4.25. The van der Waals surface area contributed by atoms with Crippen LogP contribution in [0.1, 0.15) is 24.0 Å². The molecule has 36 heavy (non-hydrogen) atoms. The van der Waals surface area contributed by atoms with E-state index in [0.29, 0.717) is 37.5 Å². The van der Waals surface area contributed by atoms with Gasteiger partial charge in [-0.05, 0) is 53.9 Å². The lowest BCUT2D eigenvalue weighted by molar-refractivity contribution is -0.141. The molecule has 1 atom stereocenters. The average molecular weight is 491 g/mol. The van der Waals surface area contributed by atoms with E-state index >= 15 is 0 Å². The van der Waals surface area contributed by atoms with E-state index in [-0.39, 0.29) is 18.2 Å². The Kier molecular flexibility index (Phi) is 10.2. The number of nitrogens with zero attached hydrogens (tertiary/aromatic N) is 1. The molecule has 0 spiro atoms. The second kappa shape index (κ2) is 13.8. The fourth-order valence-electron chi connectivity index (χ4n) is 3.92. The van der Waals surface area contributed by atoms with Crippen molar-refractivity contribution in [3.63, 3.8) is 0 Å². The standard InChI is InChI=1S/C29H34N2O5/c1-30-29(33)27(20-22-9-5-4-6-10-22)31(21-23-11-7-12-26(19-23)35-3)28(32)13-8-18-36-25-16-14-24(34-2)15-17-25/h4-7,9-12,14-17,19,27H,8,13,18,20-21H2,1-3H3,(H,30,33). The molecule has 0 saturated carbocycles. The Morgan fingerprint density at radius 3 is 2.17 bits per heavy atom. The molecule has 0 aromatic heterocycles. The highest BCUT2D eigenvalue weighted by atomic mass is 16.5. The normalized spacial score (nSPS) is 11.3. The molecule has 0 aliphatic carbocycles. The highest BCUT2D eigenvalue weighted by Gasteiger charge is 2.29. The van der Waals surface area contributed by atoms with Gasteiger partial charge in [0.05, 0.1) is 20.8 Å². The van der Waals surface area contributed by atoms with Crippen LogP contribution in [-0.4, -0.2) is 50.6 Å². The first-order valence-electron chi connectivity index (χ1n) is 12.0. The Balaban J connectivity index is 1.74. The molecule has 7 nitrogen and oxygen atoms in total. The van der Waals surface area contributed by atoms with Gasteiger partial charge in [-0.25, -0.2) is 0 Å². The van der Waals surface area contributed by atoms with Crippen molar-refractivity contribution in [2.45, 2.75) is 31.8 Å². The van der Waals surface area contributed by atoms with Crippen molar-refractivity contribution < 1.29 is 23.8 Å². The zero-order valence-corrected chi connectivity index (χ0v) is 21.1. The molecular weight excluding hydrogens is 456 g/mol. The highest BCUT2D eigenvalue weighted by Crippen LogP contribution is 2.20. The van der Waals surface area contributed by atoms with Crippen LogP contribution >= 0.6 is 0 Å². The number of hydrogen-bond donors (Lipinski definition) is 1. The number of amides is 2. The number of likely N-dealkylation sites (N-methyl/N-ethyl adjacent to an activating group) is 1. The van der Waals surface area contributed by atoms with Gasteiger partial charge in [0.15, 0.2) is 0 Å². The molecule has 2 amide bonds. The Bertz CT molecular complexity index is 1100. The van der Waals surface area contributed by atoms with Crippen molar-refractivity contribution >= 4 is 11.8 Å². The van der Waals surface area contributed by atoms with Crippen LogP contribution in [0.3, 0.4) is 0 Å². The smallest absolute Gasteiger partial charge is 0.242 e. The van der Waals surface area contributed by atoms with Crippen molar-refractivity contribution in [2.75, 3.05) is 27.9 Å². The molecule has 0 radical (unpaired) electrons. The second-order valence-electron chi connectivity index (χ2n) is 8.32. The zero-order chi connectivity index (χ0) is 25.8. The summed E-state index contributed by atoms with van der Waals surface area (Å²) in [7, 11) is 4.81. The molecule has 3 aromatic rings. The van der Waals surface area contributed by atoms with E-state index in [4.69, 9.17) is 14.2 Å². The van der Waals surface area contributed by atoms with E-state index in [0.717, 1.165) is 16.9 Å². The molecule has 1 unspecified atom stereocenters. The van der Waals surface area contributed by atoms with Gasteiger partial charge >= 0.3 is 0 Å². The first-order valence-corrected chi connectivity index (χ1v) is 12.0. The predicted molar refractivity (Wildman–Crippen MR) is 139 cm³/mol. The molecule has 1 N–H and O–H groups in total. The molecule has 0 aliphatic heterocycles. The SMILES string of the molecule is CNC(=O)C(Cc1ccccc1)N(Cc1cccc(OC)c1)C(=O)CCCOc1ccc(OC)cc1. The third-order valence-corrected chi connectivity index (χ3v) is 5.87. The number of carbonyl (C=O) groups excluding carboxylic acids is 2. The number of methoxy groups -OCH3 is 2. The monoisotopic (exact) mass is 490 g/mol. The molecule has 3 aromatic carbocycles. The van der Waals surface area contributed by atoms with E-state index in [2.05, 4.69) is 5.32 Å². The van der Waals surface area contributed by atoms with Crippen molar-refractivity contribution in [3.8, 4) is 17.2 Å². The van der Waals surface area contributed by atoms with Crippen LogP contribution in [0.4, 0.5) is 0 Å². The maximum absolute atomic E-state index is 13.5. The third-order valence-electron chi connectivity index (χ3n) is 5.87. The van der Waals surface area contributed by atoms with E-state index in [1.165, 1.54) is 0 Å². The Labute approximate surface area is 213 Å². The Morgan fingerprint density at radius 1 is 0.833 bits per heavy atom. The quantitative estimate of drug-likeness (QED) is 0.363.